The highest BCUT2D eigenvalue weighted by Crippen LogP contribution is 2.22. The number of sulfonamides is 1. The number of nitrogens with zero attached hydrogens (tertiary/aromatic N) is 1. The number of carbonyl (C=O) groups excluding carboxylic acids is 1. The lowest BCUT2D eigenvalue weighted by Gasteiger charge is -2.36. The molecule has 1 amide bonds. The van der Waals surface area contributed by atoms with Gasteiger partial charge in [0.1, 0.15) is 11.9 Å². The van der Waals surface area contributed by atoms with Crippen molar-refractivity contribution in [2.45, 2.75) is 42.4 Å². The highest BCUT2D eigenvalue weighted by molar-refractivity contribution is 7.89. The standard InChI is InChI=1S/C20H24FN3O5S/c21-15-3-6-17(7-4-15)30(27,28)23-11-9-16-5-8-18(19(13-25)29-16)24-20(26)14-2-1-10-22-12-14/h1-4,6-7,10,12,16,18-19,23,25H,5,8-9,11,13H2,(H,24,26)/t16-,18-,19+/m0/s1. The van der Waals surface area contributed by atoms with Gasteiger partial charge in [-0.25, -0.2) is 17.5 Å². The number of pyridine rings is 1. The van der Waals surface area contributed by atoms with Crippen LogP contribution in [0.25, 0.3) is 0 Å². The maximum atomic E-state index is 13.0. The Balaban J connectivity index is 1.49. The lowest BCUT2D eigenvalue weighted by molar-refractivity contribution is -0.0891. The predicted octanol–water partition coefficient (Wildman–Crippen LogP) is 1.23. The highest BCUT2D eigenvalue weighted by atomic mass is 32.2. The molecule has 0 radical (unpaired) electrons. The molecule has 162 valence electrons. The number of aliphatic hydroxyl groups excluding tert-OH is 1. The molecule has 1 saturated heterocycles. The van der Waals surface area contributed by atoms with Crippen LogP contribution in [0.5, 0.6) is 0 Å². The quantitative estimate of drug-likeness (QED) is 0.572. The summed E-state index contributed by atoms with van der Waals surface area (Å²) in [7, 11) is -3.74. The SMILES string of the molecule is O=C(N[C@H]1CC[C@@H](CCNS(=O)(=O)c2ccc(F)cc2)O[C@@H]1CO)c1cccnc1. The fourth-order valence-corrected chi connectivity index (χ4v) is 4.36. The summed E-state index contributed by atoms with van der Waals surface area (Å²) < 4.78 is 45.8. The molecule has 1 fully saturated rings. The maximum Gasteiger partial charge on any atom is 0.253 e. The largest absolute Gasteiger partial charge is 0.394 e. The zero-order valence-corrected chi connectivity index (χ0v) is 17.0. The van der Waals surface area contributed by atoms with E-state index >= 15 is 0 Å². The molecule has 10 heteroatoms. The van der Waals surface area contributed by atoms with E-state index in [1.807, 2.05) is 0 Å². The molecule has 0 unspecified atom stereocenters. The second kappa shape index (κ2) is 10.1. The molecule has 0 aliphatic carbocycles. The topological polar surface area (TPSA) is 118 Å². The van der Waals surface area contributed by atoms with Crippen LogP contribution in [-0.4, -0.2) is 55.8 Å². The minimum absolute atomic E-state index is 0.0140. The third-order valence-corrected chi connectivity index (χ3v) is 6.40. The molecule has 1 aliphatic heterocycles. The van der Waals surface area contributed by atoms with Gasteiger partial charge in [0.25, 0.3) is 5.91 Å². The number of nitrogens with one attached hydrogen (secondary N) is 2. The highest BCUT2D eigenvalue weighted by Gasteiger charge is 2.32. The molecule has 0 saturated carbocycles. The van der Waals surface area contributed by atoms with Gasteiger partial charge in [0.05, 0.1) is 29.2 Å². The fourth-order valence-electron chi connectivity index (χ4n) is 3.31. The van der Waals surface area contributed by atoms with Crippen LogP contribution in [0.2, 0.25) is 0 Å². The Morgan fingerprint density at radius 3 is 2.67 bits per heavy atom. The van der Waals surface area contributed by atoms with Crippen LogP contribution in [0.15, 0.2) is 53.7 Å². The number of ether oxygens (including phenoxy) is 1. The van der Waals surface area contributed by atoms with E-state index in [-0.39, 0.29) is 36.1 Å². The number of benzene rings is 1. The first-order valence-electron chi connectivity index (χ1n) is 9.61. The summed E-state index contributed by atoms with van der Waals surface area (Å²) in [5.41, 5.74) is 0.423. The molecule has 8 nitrogen and oxygen atoms in total. The summed E-state index contributed by atoms with van der Waals surface area (Å²) in [6.45, 7) is -0.134. The number of aliphatic hydroxyl groups is 1. The number of aromatic nitrogens is 1. The van der Waals surface area contributed by atoms with Crippen molar-refractivity contribution in [3.05, 3.63) is 60.2 Å². The third-order valence-electron chi connectivity index (χ3n) is 4.92. The first kappa shape index (κ1) is 22.3. The van der Waals surface area contributed by atoms with Crippen LogP contribution in [0.1, 0.15) is 29.6 Å². The number of halogens is 1. The summed E-state index contributed by atoms with van der Waals surface area (Å²) in [4.78, 5) is 16.2. The molecule has 0 bridgehead atoms. The minimum Gasteiger partial charge on any atom is -0.394 e. The molecule has 1 aromatic carbocycles. The van der Waals surface area contributed by atoms with Gasteiger partial charge in [-0.1, -0.05) is 0 Å². The molecule has 1 aliphatic rings. The Kier molecular flexibility index (Phi) is 7.48. The Bertz CT molecular complexity index is 941. The van der Waals surface area contributed by atoms with E-state index in [1.54, 1.807) is 18.3 Å². The van der Waals surface area contributed by atoms with Crippen LogP contribution in [-0.2, 0) is 14.8 Å². The van der Waals surface area contributed by atoms with E-state index in [1.165, 1.54) is 18.3 Å². The van der Waals surface area contributed by atoms with Gasteiger partial charge in [0, 0.05) is 18.9 Å². The average molecular weight is 437 g/mol. The van der Waals surface area contributed by atoms with Crippen molar-refractivity contribution >= 4 is 15.9 Å². The lowest BCUT2D eigenvalue weighted by Crippen LogP contribution is -2.51. The van der Waals surface area contributed by atoms with Gasteiger partial charge < -0.3 is 15.2 Å². The van der Waals surface area contributed by atoms with E-state index in [2.05, 4.69) is 15.0 Å². The van der Waals surface area contributed by atoms with Crippen molar-refractivity contribution in [3.63, 3.8) is 0 Å². The summed E-state index contributed by atoms with van der Waals surface area (Å²) in [5.74, 6) is -0.801. The lowest BCUT2D eigenvalue weighted by atomic mass is 9.97. The van der Waals surface area contributed by atoms with Gasteiger partial charge in [0.15, 0.2) is 0 Å². The van der Waals surface area contributed by atoms with E-state index < -0.39 is 21.9 Å². The van der Waals surface area contributed by atoms with Crippen LogP contribution in [0.3, 0.4) is 0 Å². The van der Waals surface area contributed by atoms with Crippen molar-refractivity contribution < 1.29 is 27.4 Å². The molecule has 3 rings (SSSR count). The molecule has 1 aromatic heterocycles. The molecule has 2 aromatic rings. The first-order chi connectivity index (χ1) is 14.4. The fraction of sp³-hybridized carbons (Fsp3) is 0.400. The average Bonchev–Trinajstić information content (AvgIpc) is 2.75. The monoisotopic (exact) mass is 437 g/mol. The zero-order chi connectivity index (χ0) is 21.6. The molecule has 3 atom stereocenters. The molecule has 30 heavy (non-hydrogen) atoms. The van der Waals surface area contributed by atoms with Crippen molar-refractivity contribution in [2.75, 3.05) is 13.2 Å². The van der Waals surface area contributed by atoms with Crippen molar-refractivity contribution in [1.82, 2.24) is 15.0 Å². The second-order valence-corrected chi connectivity index (χ2v) is 8.79. The molecular formula is C20H24FN3O5S. The van der Waals surface area contributed by atoms with Gasteiger partial charge in [-0.3, -0.25) is 9.78 Å². The van der Waals surface area contributed by atoms with E-state index in [9.17, 15) is 22.7 Å². The number of hydrogen-bond acceptors (Lipinski definition) is 6. The third kappa shape index (κ3) is 5.82. The van der Waals surface area contributed by atoms with Crippen LogP contribution >= 0.6 is 0 Å². The molecule has 0 spiro atoms. The smallest absolute Gasteiger partial charge is 0.253 e. The van der Waals surface area contributed by atoms with Gasteiger partial charge in [0.2, 0.25) is 10.0 Å². The summed E-state index contributed by atoms with van der Waals surface area (Å²) in [5, 5.41) is 12.5. The van der Waals surface area contributed by atoms with Crippen LogP contribution in [0, 0.1) is 5.82 Å². The Labute approximate surface area is 174 Å². The number of rotatable bonds is 8. The number of amides is 1. The Hall–Kier alpha value is -2.40. The van der Waals surface area contributed by atoms with Crippen molar-refractivity contribution in [1.29, 1.82) is 0 Å². The van der Waals surface area contributed by atoms with Gasteiger partial charge in [-0.05, 0) is 55.7 Å². The zero-order valence-electron chi connectivity index (χ0n) is 16.2. The minimum atomic E-state index is -3.74. The molecule has 2 heterocycles. The van der Waals surface area contributed by atoms with Gasteiger partial charge >= 0.3 is 0 Å². The first-order valence-corrected chi connectivity index (χ1v) is 11.1. The summed E-state index contributed by atoms with van der Waals surface area (Å²) >= 11 is 0. The molecular weight excluding hydrogens is 413 g/mol. The Morgan fingerprint density at radius 1 is 1.23 bits per heavy atom. The Morgan fingerprint density at radius 2 is 2.00 bits per heavy atom. The van der Waals surface area contributed by atoms with Crippen molar-refractivity contribution in [2.24, 2.45) is 0 Å². The van der Waals surface area contributed by atoms with Crippen LogP contribution in [0.4, 0.5) is 4.39 Å². The number of hydrogen-bond donors (Lipinski definition) is 3. The predicted molar refractivity (Wildman–Crippen MR) is 107 cm³/mol. The van der Waals surface area contributed by atoms with Crippen molar-refractivity contribution in [3.8, 4) is 0 Å². The van der Waals surface area contributed by atoms with Gasteiger partial charge in [-0.2, -0.15) is 0 Å². The van der Waals surface area contributed by atoms with E-state index in [0.717, 1.165) is 12.1 Å². The summed E-state index contributed by atoms with van der Waals surface area (Å²) in [6, 6.07) is 7.54. The van der Waals surface area contributed by atoms with E-state index in [0.29, 0.717) is 24.8 Å². The molecule has 3 N–H and O–H groups in total. The van der Waals surface area contributed by atoms with Gasteiger partial charge in [-0.15, -0.1) is 0 Å². The maximum absolute atomic E-state index is 13.0. The second-order valence-electron chi connectivity index (χ2n) is 7.02. The normalized spacial score (nSPS) is 21.9. The summed E-state index contributed by atoms with van der Waals surface area (Å²) in [6.07, 6.45) is 3.79. The van der Waals surface area contributed by atoms with E-state index in [4.69, 9.17) is 4.74 Å². The number of carbonyl (C=O) groups is 1. The van der Waals surface area contributed by atoms with Crippen LogP contribution < -0.4 is 10.0 Å².